The van der Waals surface area contributed by atoms with Crippen molar-refractivity contribution in [3.63, 3.8) is 0 Å². The van der Waals surface area contributed by atoms with E-state index >= 15 is 0 Å². The van der Waals surface area contributed by atoms with Gasteiger partial charge in [-0.3, -0.25) is 14.5 Å². The number of pyridine rings is 1. The summed E-state index contributed by atoms with van der Waals surface area (Å²) < 4.78 is 0. The average Bonchev–Trinajstić information content (AvgIpc) is 2.57. The number of rotatable bonds is 7. The third-order valence-corrected chi connectivity index (χ3v) is 4.34. The Labute approximate surface area is 156 Å². The zero-order valence-electron chi connectivity index (χ0n) is 14.0. The molecule has 1 aromatic heterocycles. The van der Waals surface area contributed by atoms with Gasteiger partial charge in [-0.15, -0.1) is 11.8 Å². The molecule has 0 spiro atoms. The number of benzene rings is 1. The van der Waals surface area contributed by atoms with Crippen LogP contribution in [-0.2, 0) is 9.59 Å². The number of nitrogens with one attached hydrogen (secondary N) is 2. The number of nitrogens with zero attached hydrogens (tertiary/aromatic N) is 2. The molecule has 1 heterocycles. The van der Waals surface area contributed by atoms with Gasteiger partial charge >= 0.3 is 0 Å². The van der Waals surface area contributed by atoms with E-state index < -0.39 is 0 Å². The van der Waals surface area contributed by atoms with E-state index in [1.165, 1.54) is 0 Å². The van der Waals surface area contributed by atoms with Crippen LogP contribution >= 0.6 is 23.4 Å². The maximum atomic E-state index is 12.2. The Hall–Kier alpha value is -2.09. The van der Waals surface area contributed by atoms with Crippen molar-refractivity contribution in [2.24, 2.45) is 0 Å². The van der Waals surface area contributed by atoms with Gasteiger partial charge in [-0.25, -0.2) is 4.98 Å². The van der Waals surface area contributed by atoms with Crippen LogP contribution in [0.1, 0.15) is 0 Å². The second-order valence-corrected chi connectivity index (χ2v) is 6.52. The quantitative estimate of drug-likeness (QED) is 0.572. The highest BCUT2D eigenvalue weighted by Gasteiger charge is 2.13. The molecular formula is C17H19ClN4O2S. The molecule has 0 aliphatic rings. The molecular weight excluding hydrogens is 360 g/mol. The molecule has 0 fully saturated rings. The molecule has 2 rings (SSSR count). The van der Waals surface area contributed by atoms with Crippen molar-refractivity contribution in [3.8, 4) is 0 Å². The molecule has 0 unspecified atom stereocenters. The lowest BCUT2D eigenvalue weighted by Crippen LogP contribution is -2.36. The number of amides is 2. The van der Waals surface area contributed by atoms with Crippen LogP contribution in [0.15, 0.2) is 47.5 Å². The minimum Gasteiger partial charge on any atom is -0.324 e. The Kier molecular flexibility index (Phi) is 7.24. The third kappa shape index (κ3) is 6.04. The summed E-state index contributed by atoms with van der Waals surface area (Å²) >= 11 is 7.46. The fourth-order valence-corrected chi connectivity index (χ4v) is 2.87. The number of hydrogen-bond donors (Lipinski definition) is 2. The molecule has 2 amide bonds. The fraction of sp³-hybridized carbons (Fsp3) is 0.235. The minimum absolute atomic E-state index is 0.0584. The fourth-order valence-electron chi connectivity index (χ4n) is 2.15. The third-order valence-electron chi connectivity index (χ3n) is 3.24. The molecule has 2 N–H and O–H groups in total. The molecule has 6 nitrogen and oxygen atoms in total. The molecule has 0 atom stereocenters. The first-order chi connectivity index (χ1) is 12.0. The Morgan fingerprint density at radius 3 is 2.32 bits per heavy atom. The van der Waals surface area contributed by atoms with Crippen LogP contribution in [0.3, 0.4) is 0 Å². The first-order valence-corrected chi connectivity index (χ1v) is 9.11. The second kappa shape index (κ2) is 9.41. The van der Waals surface area contributed by atoms with Crippen molar-refractivity contribution >= 4 is 46.6 Å². The number of para-hydroxylation sites is 1. The molecule has 1 aromatic carbocycles. The summed E-state index contributed by atoms with van der Waals surface area (Å²) in [4.78, 5) is 30.7. The van der Waals surface area contributed by atoms with Gasteiger partial charge in [0.15, 0.2) is 5.15 Å². The first-order valence-electron chi connectivity index (χ1n) is 7.51. The lowest BCUT2D eigenvalue weighted by molar-refractivity contribution is -0.119. The average molecular weight is 379 g/mol. The van der Waals surface area contributed by atoms with E-state index in [1.807, 2.05) is 30.5 Å². The van der Waals surface area contributed by atoms with Gasteiger partial charge in [0.1, 0.15) is 0 Å². The van der Waals surface area contributed by atoms with E-state index in [0.717, 1.165) is 10.6 Å². The highest BCUT2D eigenvalue weighted by atomic mass is 35.5. The smallest absolute Gasteiger partial charge is 0.238 e. The maximum absolute atomic E-state index is 12.2. The van der Waals surface area contributed by atoms with Crippen LogP contribution in [0.5, 0.6) is 0 Å². The van der Waals surface area contributed by atoms with Gasteiger partial charge in [0.2, 0.25) is 11.8 Å². The van der Waals surface area contributed by atoms with E-state index in [1.54, 1.807) is 42.0 Å². The molecule has 0 radical (unpaired) electrons. The van der Waals surface area contributed by atoms with Crippen LogP contribution in [0, 0.1) is 0 Å². The van der Waals surface area contributed by atoms with Crippen LogP contribution in [0.25, 0.3) is 0 Å². The van der Waals surface area contributed by atoms with Crippen LogP contribution < -0.4 is 10.6 Å². The van der Waals surface area contributed by atoms with E-state index in [-0.39, 0.29) is 30.1 Å². The van der Waals surface area contributed by atoms with E-state index in [0.29, 0.717) is 5.69 Å². The summed E-state index contributed by atoms with van der Waals surface area (Å²) in [5.41, 5.74) is 1.21. The van der Waals surface area contributed by atoms with Gasteiger partial charge in [0, 0.05) is 11.1 Å². The van der Waals surface area contributed by atoms with Gasteiger partial charge in [-0.2, -0.15) is 0 Å². The zero-order valence-corrected chi connectivity index (χ0v) is 15.5. The molecule has 2 aromatic rings. The molecule has 8 heteroatoms. The lowest BCUT2D eigenvalue weighted by atomic mass is 10.3. The van der Waals surface area contributed by atoms with Gasteiger partial charge in [0.25, 0.3) is 0 Å². The lowest BCUT2D eigenvalue weighted by Gasteiger charge is -2.17. The number of hydrogen-bond acceptors (Lipinski definition) is 5. The maximum Gasteiger partial charge on any atom is 0.238 e. The van der Waals surface area contributed by atoms with Gasteiger partial charge in [-0.1, -0.05) is 23.7 Å². The summed E-state index contributed by atoms with van der Waals surface area (Å²) in [6, 6.07) is 10.9. The van der Waals surface area contributed by atoms with Gasteiger partial charge < -0.3 is 10.6 Å². The monoisotopic (exact) mass is 378 g/mol. The summed E-state index contributed by atoms with van der Waals surface area (Å²) in [6.07, 6.45) is 3.49. The molecule has 25 heavy (non-hydrogen) atoms. The van der Waals surface area contributed by atoms with Crippen molar-refractivity contribution in [3.05, 3.63) is 47.7 Å². The van der Waals surface area contributed by atoms with Crippen molar-refractivity contribution in [1.82, 2.24) is 9.88 Å². The van der Waals surface area contributed by atoms with Crippen LogP contribution in [-0.4, -0.2) is 48.1 Å². The molecule has 0 saturated carbocycles. The summed E-state index contributed by atoms with van der Waals surface area (Å²) in [5.74, 6) is -0.453. The second-order valence-electron chi connectivity index (χ2n) is 5.31. The summed E-state index contributed by atoms with van der Waals surface area (Å²) in [7, 11) is 1.70. The zero-order chi connectivity index (χ0) is 18.2. The molecule has 0 bridgehead atoms. The van der Waals surface area contributed by atoms with Crippen molar-refractivity contribution in [2.45, 2.75) is 4.90 Å². The summed E-state index contributed by atoms with van der Waals surface area (Å²) in [6.45, 7) is 0.153. The number of thioether (sulfide) groups is 1. The standard InChI is InChI=1S/C17H19ClN4O2S/c1-22(11-16(24)21-13-7-5-9-19-17(13)18)10-15(23)20-12-6-3-4-8-14(12)25-2/h3-9H,10-11H2,1-2H3,(H,20,23)(H,21,24). The number of anilines is 2. The molecule has 0 aliphatic heterocycles. The number of carbonyl (C=O) groups excluding carboxylic acids is 2. The van der Waals surface area contributed by atoms with Gasteiger partial charge in [-0.05, 0) is 37.6 Å². The summed E-state index contributed by atoms with van der Waals surface area (Å²) in [5, 5.41) is 5.76. The van der Waals surface area contributed by atoms with Crippen molar-refractivity contribution < 1.29 is 9.59 Å². The van der Waals surface area contributed by atoms with E-state index in [9.17, 15) is 9.59 Å². The molecule has 0 saturated heterocycles. The number of carbonyl (C=O) groups is 2. The molecule has 132 valence electrons. The van der Waals surface area contributed by atoms with E-state index in [4.69, 9.17) is 11.6 Å². The van der Waals surface area contributed by atoms with Crippen molar-refractivity contribution in [1.29, 1.82) is 0 Å². The Bertz CT molecular complexity index is 757. The Morgan fingerprint density at radius 2 is 1.68 bits per heavy atom. The van der Waals surface area contributed by atoms with Crippen LogP contribution in [0.2, 0.25) is 5.15 Å². The topological polar surface area (TPSA) is 74.3 Å². The SMILES string of the molecule is CSc1ccccc1NC(=O)CN(C)CC(=O)Nc1cccnc1Cl. The number of aromatic nitrogens is 1. The Balaban J connectivity index is 1.85. The largest absolute Gasteiger partial charge is 0.324 e. The molecule has 0 aliphatic carbocycles. The Morgan fingerprint density at radius 1 is 1.08 bits per heavy atom. The van der Waals surface area contributed by atoms with Crippen molar-refractivity contribution in [2.75, 3.05) is 37.0 Å². The van der Waals surface area contributed by atoms with Crippen LogP contribution in [0.4, 0.5) is 11.4 Å². The highest BCUT2D eigenvalue weighted by molar-refractivity contribution is 7.98. The predicted molar refractivity (Wildman–Crippen MR) is 102 cm³/mol. The van der Waals surface area contributed by atoms with Gasteiger partial charge in [0.05, 0.1) is 24.5 Å². The number of halogens is 1. The highest BCUT2D eigenvalue weighted by Crippen LogP contribution is 2.24. The predicted octanol–water partition coefficient (Wildman–Crippen LogP) is 2.97. The first kappa shape index (κ1) is 19.2. The number of likely N-dealkylation sites (N-methyl/N-ethyl adjacent to an activating group) is 1. The normalized spacial score (nSPS) is 10.6. The minimum atomic E-state index is -0.269. The van der Waals surface area contributed by atoms with E-state index in [2.05, 4.69) is 15.6 Å².